The molecule has 8 nitrogen and oxygen atoms in total. The van der Waals surface area contributed by atoms with Crippen LogP contribution in [0.2, 0.25) is 0 Å². The summed E-state index contributed by atoms with van der Waals surface area (Å²) in [5, 5.41) is 0.554. The van der Waals surface area contributed by atoms with Crippen molar-refractivity contribution in [2.75, 3.05) is 26.2 Å². The van der Waals surface area contributed by atoms with Gasteiger partial charge in [0, 0.05) is 52.6 Å². The van der Waals surface area contributed by atoms with Gasteiger partial charge in [0.1, 0.15) is 0 Å². The Labute approximate surface area is 181 Å². The molecule has 8 heteroatoms. The number of aryl methyl sites for hydroxylation is 1. The maximum Gasteiger partial charge on any atom is 0.331 e. The molecule has 1 aliphatic heterocycles. The number of carbonyl (C=O) groups excluding carboxylic acids is 2. The van der Waals surface area contributed by atoms with Gasteiger partial charge >= 0.3 is 5.69 Å². The van der Waals surface area contributed by atoms with E-state index in [1.165, 1.54) is 9.13 Å². The highest BCUT2D eigenvalue weighted by Crippen LogP contribution is 2.31. The van der Waals surface area contributed by atoms with Gasteiger partial charge in [-0.2, -0.15) is 0 Å². The van der Waals surface area contributed by atoms with Crippen molar-refractivity contribution in [2.45, 2.75) is 39.2 Å². The summed E-state index contributed by atoms with van der Waals surface area (Å²) in [6.45, 7) is 4.36. The van der Waals surface area contributed by atoms with Crippen LogP contribution in [0.15, 0.2) is 33.9 Å². The molecule has 1 aromatic carbocycles. The molecule has 31 heavy (non-hydrogen) atoms. The summed E-state index contributed by atoms with van der Waals surface area (Å²) in [6.07, 6.45) is 3.20. The van der Waals surface area contributed by atoms with Gasteiger partial charge in [-0.1, -0.05) is 12.1 Å². The second-order valence-corrected chi connectivity index (χ2v) is 8.82. The molecule has 0 bridgehead atoms. The molecule has 1 saturated heterocycles. The topological polar surface area (TPSA) is 84.6 Å². The van der Waals surface area contributed by atoms with Gasteiger partial charge in [0.2, 0.25) is 11.8 Å². The van der Waals surface area contributed by atoms with Crippen molar-refractivity contribution in [3.63, 3.8) is 0 Å². The van der Waals surface area contributed by atoms with Crippen LogP contribution in [0.4, 0.5) is 0 Å². The number of nitrogens with zero attached hydrogens (tertiary/aromatic N) is 4. The summed E-state index contributed by atoms with van der Waals surface area (Å²) in [4.78, 5) is 53.7. The molecule has 2 aromatic rings. The minimum absolute atomic E-state index is 0.00344. The van der Waals surface area contributed by atoms with Crippen LogP contribution in [0, 0.1) is 11.8 Å². The lowest BCUT2D eigenvalue weighted by atomic mass is 9.81. The van der Waals surface area contributed by atoms with Crippen molar-refractivity contribution in [1.29, 1.82) is 0 Å². The molecule has 2 amide bonds. The first-order valence-electron chi connectivity index (χ1n) is 11.1. The van der Waals surface area contributed by atoms with Crippen LogP contribution < -0.4 is 11.2 Å². The largest absolute Gasteiger partial charge is 0.339 e. The van der Waals surface area contributed by atoms with E-state index in [1.807, 2.05) is 17.0 Å². The van der Waals surface area contributed by atoms with Crippen LogP contribution in [0.3, 0.4) is 0 Å². The van der Waals surface area contributed by atoms with Crippen molar-refractivity contribution < 1.29 is 9.59 Å². The number of benzene rings is 1. The van der Waals surface area contributed by atoms with E-state index >= 15 is 0 Å². The molecule has 0 atom stereocenters. The van der Waals surface area contributed by atoms with Crippen LogP contribution in [0.25, 0.3) is 10.9 Å². The van der Waals surface area contributed by atoms with E-state index in [4.69, 9.17) is 0 Å². The smallest absolute Gasteiger partial charge is 0.331 e. The lowest BCUT2D eigenvalue weighted by Crippen LogP contribution is -2.51. The third-order valence-electron chi connectivity index (χ3n) is 6.93. The third kappa shape index (κ3) is 4.16. The summed E-state index contributed by atoms with van der Waals surface area (Å²) < 4.78 is 2.89. The van der Waals surface area contributed by atoms with Crippen molar-refractivity contribution in [1.82, 2.24) is 18.9 Å². The number of aromatic nitrogens is 2. The predicted molar refractivity (Wildman–Crippen MR) is 118 cm³/mol. The summed E-state index contributed by atoms with van der Waals surface area (Å²) in [7, 11) is 1.70. The minimum Gasteiger partial charge on any atom is -0.339 e. The van der Waals surface area contributed by atoms with E-state index in [9.17, 15) is 19.2 Å². The van der Waals surface area contributed by atoms with Gasteiger partial charge in [0.25, 0.3) is 5.56 Å². The van der Waals surface area contributed by atoms with E-state index in [1.54, 1.807) is 31.0 Å². The fraction of sp³-hybridized carbons (Fsp3) is 0.565. The molecule has 1 saturated carbocycles. The second-order valence-electron chi connectivity index (χ2n) is 8.82. The molecule has 0 radical (unpaired) electrons. The number of para-hydroxylation sites is 1. The molecular weight excluding hydrogens is 396 g/mol. The first-order chi connectivity index (χ1) is 14.9. The summed E-state index contributed by atoms with van der Waals surface area (Å²) in [6, 6.07) is 7.18. The Bertz CT molecular complexity index is 1100. The fourth-order valence-electron chi connectivity index (χ4n) is 4.97. The Balaban J connectivity index is 1.39. The van der Waals surface area contributed by atoms with Crippen LogP contribution in [-0.2, 0) is 23.2 Å². The van der Waals surface area contributed by atoms with Crippen LogP contribution in [0.5, 0.6) is 0 Å². The average molecular weight is 427 g/mol. The zero-order valence-corrected chi connectivity index (χ0v) is 18.2. The van der Waals surface area contributed by atoms with Crippen molar-refractivity contribution in [2.24, 2.45) is 18.9 Å². The molecule has 2 aliphatic rings. The van der Waals surface area contributed by atoms with Crippen molar-refractivity contribution in [3.8, 4) is 0 Å². The quantitative estimate of drug-likeness (QED) is 0.738. The van der Waals surface area contributed by atoms with Gasteiger partial charge in [-0.05, 0) is 43.7 Å². The average Bonchev–Trinajstić information content (AvgIpc) is 2.80. The fourth-order valence-corrected chi connectivity index (χ4v) is 4.97. The van der Waals surface area contributed by atoms with Gasteiger partial charge in [-0.25, -0.2) is 4.79 Å². The highest BCUT2D eigenvalue weighted by atomic mass is 16.2. The number of fused-ring (bicyclic) bond motifs is 1. The third-order valence-corrected chi connectivity index (χ3v) is 6.93. The Morgan fingerprint density at radius 3 is 2.19 bits per heavy atom. The number of rotatable bonds is 3. The molecule has 2 fully saturated rings. The number of hydrogen-bond acceptors (Lipinski definition) is 4. The predicted octanol–water partition coefficient (Wildman–Crippen LogP) is 1.20. The van der Waals surface area contributed by atoms with Gasteiger partial charge in [0.15, 0.2) is 0 Å². The Morgan fingerprint density at radius 2 is 1.55 bits per heavy atom. The SMILES string of the molecule is CC(=O)N1CCN(C(=O)[C@H]2CC[C@H](Cn3c(=O)c4ccccc4n(C)c3=O)CC2)CC1. The molecule has 2 heterocycles. The van der Waals surface area contributed by atoms with Gasteiger partial charge < -0.3 is 9.80 Å². The summed E-state index contributed by atoms with van der Waals surface area (Å²) in [5.74, 6) is 0.449. The van der Waals surface area contributed by atoms with E-state index < -0.39 is 0 Å². The van der Waals surface area contributed by atoms with Crippen LogP contribution >= 0.6 is 0 Å². The van der Waals surface area contributed by atoms with E-state index in [2.05, 4.69) is 0 Å². The Kier molecular flexibility index (Phi) is 5.98. The van der Waals surface area contributed by atoms with Crippen LogP contribution in [-0.4, -0.2) is 56.9 Å². The zero-order valence-electron chi connectivity index (χ0n) is 18.2. The standard InChI is InChI=1S/C23H30N4O4/c1-16(28)25-11-13-26(14-12-25)21(29)18-9-7-17(8-10-18)15-27-22(30)19-5-3-4-6-20(19)24(2)23(27)31/h3-6,17-18H,7-15H2,1-2H3/t17-,18-. The Morgan fingerprint density at radius 1 is 0.935 bits per heavy atom. The maximum atomic E-state index is 12.9. The number of amides is 2. The molecule has 4 rings (SSSR count). The molecule has 0 spiro atoms. The lowest BCUT2D eigenvalue weighted by molar-refractivity contribution is -0.142. The zero-order chi connectivity index (χ0) is 22.1. The lowest BCUT2D eigenvalue weighted by Gasteiger charge is -2.37. The highest BCUT2D eigenvalue weighted by molar-refractivity contribution is 5.80. The van der Waals surface area contributed by atoms with Gasteiger partial charge in [-0.15, -0.1) is 0 Å². The summed E-state index contributed by atoms with van der Waals surface area (Å²) >= 11 is 0. The number of piperazine rings is 1. The van der Waals surface area contributed by atoms with E-state index in [0.717, 1.165) is 25.7 Å². The van der Waals surface area contributed by atoms with Crippen LogP contribution in [0.1, 0.15) is 32.6 Å². The normalized spacial score (nSPS) is 22.0. The molecule has 1 aromatic heterocycles. The highest BCUT2D eigenvalue weighted by Gasteiger charge is 2.32. The minimum atomic E-state index is -0.287. The summed E-state index contributed by atoms with van der Waals surface area (Å²) in [5.41, 5.74) is 0.124. The number of hydrogen-bond donors (Lipinski definition) is 0. The first kappa shape index (κ1) is 21.3. The Hall–Kier alpha value is -2.90. The van der Waals surface area contributed by atoms with Gasteiger partial charge in [-0.3, -0.25) is 23.5 Å². The number of carbonyl (C=O) groups is 2. The maximum absolute atomic E-state index is 12.9. The molecule has 0 unspecified atom stereocenters. The molecular formula is C23H30N4O4. The van der Waals surface area contributed by atoms with E-state index in [-0.39, 0.29) is 34.9 Å². The van der Waals surface area contributed by atoms with E-state index in [0.29, 0.717) is 43.6 Å². The molecule has 1 aliphatic carbocycles. The second kappa shape index (κ2) is 8.69. The van der Waals surface area contributed by atoms with Crippen molar-refractivity contribution in [3.05, 3.63) is 45.1 Å². The molecule has 0 N–H and O–H groups in total. The monoisotopic (exact) mass is 426 g/mol. The molecule has 166 valence electrons. The first-order valence-corrected chi connectivity index (χ1v) is 11.1. The van der Waals surface area contributed by atoms with Gasteiger partial charge in [0.05, 0.1) is 10.9 Å². The van der Waals surface area contributed by atoms with Crippen molar-refractivity contribution >= 4 is 22.7 Å².